The molecule has 0 aliphatic carbocycles. The molecule has 1 fully saturated rings. The van der Waals surface area contributed by atoms with Crippen molar-refractivity contribution in [1.29, 1.82) is 0 Å². The molecule has 2 aromatic heterocycles. The third kappa shape index (κ3) is 2.83. The van der Waals surface area contributed by atoms with Crippen LogP contribution in [0.5, 0.6) is 0 Å². The van der Waals surface area contributed by atoms with Crippen molar-refractivity contribution in [2.75, 3.05) is 27.2 Å². The van der Waals surface area contributed by atoms with Crippen LogP contribution >= 0.6 is 22.7 Å². The van der Waals surface area contributed by atoms with Gasteiger partial charge in [0.25, 0.3) is 0 Å². The molecule has 0 spiro atoms. The monoisotopic (exact) mass is 290 g/mol. The minimum Gasteiger partial charge on any atom is -0.328 e. The van der Waals surface area contributed by atoms with E-state index in [0.717, 1.165) is 4.48 Å². The standard InChI is InChI=1S/C16H20NS2/c1-17(2)7-3-13(4-8-17)16(14-5-9-18-11-14)15-6-10-19-12-15/h5-6,9-12H,3-4,7-8H2,1-2H3/q+1. The van der Waals surface area contributed by atoms with Gasteiger partial charge in [0, 0.05) is 12.8 Å². The van der Waals surface area contributed by atoms with E-state index in [2.05, 4.69) is 47.7 Å². The van der Waals surface area contributed by atoms with Crippen molar-refractivity contribution in [3.8, 4) is 0 Å². The molecule has 1 nitrogen and oxygen atoms in total. The van der Waals surface area contributed by atoms with Gasteiger partial charge in [-0.1, -0.05) is 5.57 Å². The summed E-state index contributed by atoms with van der Waals surface area (Å²) in [4.78, 5) is 0. The molecular weight excluding hydrogens is 270 g/mol. The van der Waals surface area contributed by atoms with Gasteiger partial charge in [-0.15, -0.1) is 0 Å². The Morgan fingerprint density at radius 2 is 1.47 bits per heavy atom. The molecule has 3 rings (SSSR count). The predicted octanol–water partition coefficient (Wildman–Crippen LogP) is 4.48. The average molecular weight is 290 g/mol. The fraction of sp³-hybridized carbons (Fsp3) is 0.375. The Labute approximate surface area is 123 Å². The second-order valence-electron chi connectivity index (χ2n) is 5.89. The number of nitrogens with zero attached hydrogens (tertiary/aromatic N) is 1. The van der Waals surface area contributed by atoms with Gasteiger partial charge in [-0.05, 0) is 50.4 Å². The van der Waals surface area contributed by atoms with Gasteiger partial charge in [0.15, 0.2) is 0 Å². The quantitative estimate of drug-likeness (QED) is 0.715. The zero-order valence-electron chi connectivity index (χ0n) is 11.6. The van der Waals surface area contributed by atoms with E-state index < -0.39 is 0 Å². The van der Waals surface area contributed by atoms with Gasteiger partial charge in [0.05, 0.1) is 27.2 Å². The molecule has 0 atom stereocenters. The molecule has 3 heterocycles. The first-order valence-corrected chi connectivity index (χ1v) is 8.63. The maximum absolute atomic E-state index is 2.34. The van der Waals surface area contributed by atoms with Crippen LogP contribution in [0.1, 0.15) is 24.0 Å². The molecule has 100 valence electrons. The molecule has 0 bridgehead atoms. The highest BCUT2D eigenvalue weighted by molar-refractivity contribution is 7.08. The van der Waals surface area contributed by atoms with Crippen LogP contribution < -0.4 is 0 Å². The van der Waals surface area contributed by atoms with Gasteiger partial charge in [-0.2, -0.15) is 22.7 Å². The third-order valence-electron chi connectivity index (χ3n) is 4.01. The van der Waals surface area contributed by atoms with E-state index in [-0.39, 0.29) is 0 Å². The first kappa shape index (κ1) is 13.1. The lowest BCUT2D eigenvalue weighted by molar-refractivity contribution is -0.892. The van der Waals surface area contributed by atoms with Crippen molar-refractivity contribution >= 4 is 28.2 Å². The van der Waals surface area contributed by atoms with Crippen LogP contribution in [-0.4, -0.2) is 31.7 Å². The zero-order chi connectivity index (χ0) is 13.3. The Morgan fingerprint density at radius 1 is 0.947 bits per heavy atom. The van der Waals surface area contributed by atoms with Gasteiger partial charge in [0.2, 0.25) is 0 Å². The van der Waals surface area contributed by atoms with Gasteiger partial charge in [-0.25, -0.2) is 0 Å². The topological polar surface area (TPSA) is 0 Å². The minimum atomic E-state index is 1.16. The maximum Gasteiger partial charge on any atom is 0.0820 e. The Kier molecular flexibility index (Phi) is 3.61. The highest BCUT2D eigenvalue weighted by Gasteiger charge is 2.25. The normalized spacial score (nSPS) is 18.5. The summed E-state index contributed by atoms with van der Waals surface area (Å²) in [5.74, 6) is 0. The van der Waals surface area contributed by atoms with Crippen molar-refractivity contribution in [3.05, 3.63) is 50.4 Å². The average Bonchev–Trinajstić information content (AvgIpc) is 3.05. The molecule has 2 aromatic rings. The van der Waals surface area contributed by atoms with Crippen LogP contribution in [0.25, 0.3) is 5.57 Å². The first-order chi connectivity index (χ1) is 9.16. The summed E-state index contributed by atoms with van der Waals surface area (Å²) in [7, 11) is 4.68. The second kappa shape index (κ2) is 5.23. The van der Waals surface area contributed by atoms with Crippen LogP contribution in [0.2, 0.25) is 0 Å². The first-order valence-electron chi connectivity index (χ1n) is 6.75. The maximum atomic E-state index is 2.34. The molecule has 0 saturated carbocycles. The number of piperidine rings is 1. The summed E-state index contributed by atoms with van der Waals surface area (Å²) >= 11 is 3.59. The molecule has 3 heteroatoms. The summed E-state index contributed by atoms with van der Waals surface area (Å²) in [6.07, 6.45) is 2.46. The Hall–Kier alpha value is -0.900. The largest absolute Gasteiger partial charge is 0.328 e. The zero-order valence-corrected chi connectivity index (χ0v) is 13.2. The number of thiophene rings is 2. The summed E-state index contributed by atoms with van der Waals surface area (Å²) in [6.45, 7) is 2.51. The number of rotatable bonds is 2. The Bertz CT molecular complexity index is 514. The molecule has 19 heavy (non-hydrogen) atoms. The van der Waals surface area contributed by atoms with Gasteiger partial charge >= 0.3 is 0 Å². The molecule has 0 aromatic carbocycles. The smallest absolute Gasteiger partial charge is 0.0820 e. The highest BCUT2D eigenvalue weighted by atomic mass is 32.1. The lowest BCUT2D eigenvalue weighted by atomic mass is 9.90. The fourth-order valence-electron chi connectivity index (χ4n) is 2.75. The Balaban J connectivity index is 2.01. The fourth-order valence-corrected chi connectivity index (χ4v) is 4.04. The molecule has 0 radical (unpaired) electrons. The van der Waals surface area contributed by atoms with Crippen molar-refractivity contribution in [3.63, 3.8) is 0 Å². The summed E-state index contributed by atoms with van der Waals surface area (Å²) in [5.41, 5.74) is 5.97. The van der Waals surface area contributed by atoms with E-state index in [1.54, 1.807) is 28.2 Å². The highest BCUT2D eigenvalue weighted by Crippen LogP contribution is 2.34. The van der Waals surface area contributed by atoms with Crippen LogP contribution in [0.4, 0.5) is 0 Å². The Morgan fingerprint density at radius 3 is 1.89 bits per heavy atom. The van der Waals surface area contributed by atoms with E-state index in [1.165, 1.54) is 42.6 Å². The van der Waals surface area contributed by atoms with E-state index in [0.29, 0.717) is 0 Å². The molecule has 1 aliphatic heterocycles. The molecule has 0 N–H and O–H groups in total. The van der Waals surface area contributed by atoms with Gasteiger partial charge in [0.1, 0.15) is 0 Å². The van der Waals surface area contributed by atoms with Gasteiger partial charge in [-0.3, -0.25) is 0 Å². The molecule has 0 amide bonds. The lowest BCUT2D eigenvalue weighted by Gasteiger charge is -2.35. The summed E-state index contributed by atoms with van der Waals surface area (Å²) in [6, 6.07) is 4.53. The number of quaternary nitrogens is 1. The number of likely N-dealkylation sites (tertiary alicyclic amines) is 1. The predicted molar refractivity (Wildman–Crippen MR) is 85.7 cm³/mol. The van der Waals surface area contributed by atoms with Crippen LogP contribution in [-0.2, 0) is 0 Å². The molecular formula is C16H20NS2+. The van der Waals surface area contributed by atoms with E-state index in [4.69, 9.17) is 0 Å². The van der Waals surface area contributed by atoms with Crippen molar-refractivity contribution in [1.82, 2.24) is 0 Å². The van der Waals surface area contributed by atoms with Crippen LogP contribution in [0.15, 0.2) is 39.2 Å². The van der Waals surface area contributed by atoms with E-state index in [9.17, 15) is 0 Å². The van der Waals surface area contributed by atoms with Gasteiger partial charge < -0.3 is 4.48 Å². The molecule has 1 saturated heterocycles. The third-order valence-corrected chi connectivity index (χ3v) is 5.38. The van der Waals surface area contributed by atoms with E-state index in [1.807, 2.05) is 0 Å². The molecule has 0 unspecified atom stereocenters. The lowest BCUT2D eigenvalue weighted by Crippen LogP contribution is -2.44. The van der Waals surface area contributed by atoms with Crippen molar-refractivity contribution < 1.29 is 4.48 Å². The summed E-state index contributed by atoms with van der Waals surface area (Å²) < 4.78 is 1.16. The van der Waals surface area contributed by atoms with Crippen LogP contribution in [0.3, 0.4) is 0 Å². The van der Waals surface area contributed by atoms with Crippen LogP contribution in [0, 0.1) is 0 Å². The summed E-state index contributed by atoms with van der Waals surface area (Å²) in [5, 5.41) is 8.94. The minimum absolute atomic E-state index is 1.16. The van der Waals surface area contributed by atoms with Crippen molar-refractivity contribution in [2.24, 2.45) is 0 Å². The second-order valence-corrected chi connectivity index (χ2v) is 7.45. The SMILES string of the molecule is C[N+]1(C)CCC(=C(c2ccsc2)c2ccsc2)CC1. The molecule has 1 aliphatic rings. The number of hydrogen-bond donors (Lipinski definition) is 0. The number of hydrogen-bond acceptors (Lipinski definition) is 2. The van der Waals surface area contributed by atoms with E-state index >= 15 is 0 Å². The van der Waals surface area contributed by atoms with Crippen molar-refractivity contribution in [2.45, 2.75) is 12.8 Å².